The lowest BCUT2D eigenvalue weighted by molar-refractivity contribution is 0.297. The van der Waals surface area contributed by atoms with Gasteiger partial charge in [0.15, 0.2) is 17.5 Å². The van der Waals surface area contributed by atoms with E-state index in [2.05, 4.69) is 15.6 Å². The van der Waals surface area contributed by atoms with Crippen LogP contribution in [0, 0.1) is 5.82 Å². The number of ether oxygens (including phenoxy) is 2. The number of benzene rings is 2. The van der Waals surface area contributed by atoms with Crippen LogP contribution in [-0.4, -0.2) is 26.2 Å². The van der Waals surface area contributed by atoms with Crippen molar-refractivity contribution in [2.45, 2.75) is 19.5 Å². The van der Waals surface area contributed by atoms with Gasteiger partial charge in [-0.15, -0.1) is 0 Å². The van der Waals surface area contributed by atoms with Gasteiger partial charge in [0.2, 0.25) is 0 Å². The molecule has 0 bridgehead atoms. The van der Waals surface area contributed by atoms with E-state index in [4.69, 9.17) is 21.1 Å². The number of fused-ring (bicyclic) bond motifs is 1. The Labute approximate surface area is 157 Å². The second kappa shape index (κ2) is 8.76. The van der Waals surface area contributed by atoms with Gasteiger partial charge in [-0.3, -0.25) is 4.99 Å². The second-order valence-electron chi connectivity index (χ2n) is 5.86. The molecule has 0 aromatic heterocycles. The van der Waals surface area contributed by atoms with Crippen molar-refractivity contribution in [3.8, 4) is 11.5 Å². The average Bonchev–Trinajstić information content (AvgIpc) is 2.89. The van der Waals surface area contributed by atoms with E-state index in [1.54, 1.807) is 19.2 Å². The van der Waals surface area contributed by atoms with Gasteiger partial charge in [-0.05, 0) is 35.4 Å². The zero-order valence-electron chi connectivity index (χ0n) is 14.5. The Morgan fingerprint density at radius 2 is 1.77 bits per heavy atom. The Morgan fingerprint density at radius 1 is 1.08 bits per heavy atom. The van der Waals surface area contributed by atoms with E-state index in [1.807, 2.05) is 12.1 Å². The van der Waals surface area contributed by atoms with E-state index in [1.165, 1.54) is 12.1 Å². The molecular formula is C19H21ClFN3O2. The van der Waals surface area contributed by atoms with Gasteiger partial charge < -0.3 is 20.1 Å². The maximum atomic E-state index is 13.0. The van der Waals surface area contributed by atoms with Gasteiger partial charge in [-0.1, -0.05) is 23.7 Å². The summed E-state index contributed by atoms with van der Waals surface area (Å²) < 4.78 is 24.3. The predicted octanol–water partition coefficient (Wildman–Crippen LogP) is 3.51. The van der Waals surface area contributed by atoms with Crippen LogP contribution in [-0.2, 0) is 13.1 Å². The molecule has 3 rings (SSSR count). The summed E-state index contributed by atoms with van der Waals surface area (Å²) in [6, 6.07) is 10.1. The molecule has 26 heavy (non-hydrogen) atoms. The van der Waals surface area contributed by atoms with Gasteiger partial charge in [0.1, 0.15) is 5.82 Å². The molecule has 0 amide bonds. The highest BCUT2D eigenvalue weighted by molar-refractivity contribution is 6.32. The molecule has 0 spiro atoms. The first-order chi connectivity index (χ1) is 12.7. The van der Waals surface area contributed by atoms with E-state index in [-0.39, 0.29) is 5.82 Å². The van der Waals surface area contributed by atoms with Gasteiger partial charge in [-0.2, -0.15) is 0 Å². The van der Waals surface area contributed by atoms with Crippen LogP contribution < -0.4 is 20.1 Å². The lowest BCUT2D eigenvalue weighted by atomic mass is 10.2. The summed E-state index contributed by atoms with van der Waals surface area (Å²) in [7, 11) is 1.70. The number of nitrogens with zero attached hydrogens (tertiary/aromatic N) is 1. The third kappa shape index (κ3) is 4.79. The molecule has 2 aromatic carbocycles. The summed E-state index contributed by atoms with van der Waals surface area (Å²) in [5.41, 5.74) is 1.93. The summed E-state index contributed by atoms with van der Waals surface area (Å²) in [6.45, 7) is 2.28. The molecule has 7 heteroatoms. The molecule has 0 atom stereocenters. The number of halogens is 2. The van der Waals surface area contributed by atoms with Crippen LogP contribution in [0.4, 0.5) is 4.39 Å². The summed E-state index contributed by atoms with van der Waals surface area (Å²) in [6.07, 6.45) is 0.832. The third-order valence-electron chi connectivity index (χ3n) is 3.92. The number of rotatable bonds is 4. The number of hydrogen-bond donors (Lipinski definition) is 2. The minimum atomic E-state index is -0.248. The standard InChI is InChI=1S/C19H21ClFN3O2/c1-22-19(23-11-13-3-5-15(21)6-4-13)24-12-14-9-16(20)18-17(10-14)25-7-2-8-26-18/h3-6,9-10H,2,7-8,11-12H2,1H3,(H2,22,23,24). The van der Waals surface area contributed by atoms with Crippen molar-refractivity contribution in [2.75, 3.05) is 20.3 Å². The van der Waals surface area contributed by atoms with Crippen molar-refractivity contribution >= 4 is 17.6 Å². The molecule has 5 nitrogen and oxygen atoms in total. The minimum absolute atomic E-state index is 0.248. The maximum absolute atomic E-state index is 13.0. The van der Waals surface area contributed by atoms with Gasteiger partial charge in [0.25, 0.3) is 0 Å². The smallest absolute Gasteiger partial charge is 0.191 e. The van der Waals surface area contributed by atoms with Crippen LogP contribution in [0.1, 0.15) is 17.5 Å². The first kappa shape index (κ1) is 18.3. The van der Waals surface area contributed by atoms with Crippen molar-refractivity contribution in [3.63, 3.8) is 0 Å². The normalized spacial score (nSPS) is 13.9. The highest BCUT2D eigenvalue weighted by atomic mass is 35.5. The van der Waals surface area contributed by atoms with Crippen molar-refractivity contribution in [2.24, 2.45) is 4.99 Å². The number of aliphatic imine (C=N–C) groups is 1. The highest BCUT2D eigenvalue weighted by Crippen LogP contribution is 2.37. The Kier molecular flexibility index (Phi) is 6.17. The van der Waals surface area contributed by atoms with Crippen LogP contribution in [0.25, 0.3) is 0 Å². The monoisotopic (exact) mass is 377 g/mol. The number of hydrogen-bond acceptors (Lipinski definition) is 3. The Hall–Kier alpha value is -2.47. The third-order valence-corrected chi connectivity index (χ3v) is 4.20. The molecule has 1 aliphatic rings. The van der Waals surface area contributed by atoms with E-state index in [0.717, 1.165) is 17.5 Å². The highest BCUT2D eigenvalue weighted by Gasteiger charge is 2.15. The van der Waals surface area contributed by atoms with Crippen LogP contribution in [0.15, 0.2) is 41.4 Å². The first-order valence-electron chi connectivity index (χ1n) is 8.42. The lowest BCUT2D eigenvalue weighted by Gasteiger charge is -2.14. The van der Waals surface area contributed by atoms with E-state index in [0.29, 0.717) is 48.8 Å². The van der Waals surface area contributed by atoms with Gasteiger partial charge in [0, 0.05) is 26.6 Å². The molecule has 1 aliphatic heterocycles. The summed E-state index contributed by atoms with van der Waals surface area (Å²) >= 11 is 6.31. The molecule has 138 valence electrons. The van der Waals surface area contributed by atoms with Crippen molar-refractivity contribution in [1.29, 1.82) is 0 Å². The molecule has 0 unspecified atom stereocenters. The molecule has 0 fully saturated rings. The predicted molar refractivity (Wildman–Crippen MR) is 100 cm³/mol. The number of guanidine groups is 1. The molecule has 0 aliphatic carbocycles. The fourth-order valence-electron chi connectivity index (χ4n) is 2.58. The van der Waals surface area contributed by atoms with Crippen molar-refractivity contribution in [1.82, 2.24) is 10.6 Å². The molecule has 2 N–H and O–H groups in total. The van der Waals surface area contributed by atoms with Gasteiger partial charge in [0.05, 0.1) is 18.2 Å². The average molecular weight is 378 g/mol. The molecule has 0 saturated heterocycles. The van der Waals surface area contributed by atoms with E-state index < -0.39 is 0 Å². The van der Waals surface area contributed by atoms with Gasteiger partial charge in [-0.25, -0.2) is 4.39 Å². The quantitative estimate of drug-likeness (QED) is 0.632. The topological polar surface area (TPSA) is 54.9 Å². The molecule has 0 saturated carbocycles. The summed E-state index contributed by atoms with van der Waals surface area (Å²) in [5.74, 6) is 1.66. The molecule has 1 heterocycles. The Bertz CT molecular complexity index is 781. The first-order valence-corrected chi connectivity index (χ1v) is 8.80. The van der Waals surface area contributed by atoms with Gasteiger partial charge >= 0.3 is 0 Å². The van der Waals surface area contributed by atoms with Crippen LogP contribution in [0.3, 0.4) is 0 Å². The fraction of sp³-hybridized carbons (Fsp3) is 0.316. The van der Waals surface area contributed by atoms with Crippen LogP contribution >= 0.6 is 11.6 Å². The molecule has 2 aromatic rings. The van der Waals surface area contributed by atoms with Crippen molar-refractivity contribution in [3.05, 3.63) is 58.4 Å². The van der Waals surface area contributed by atoms with Crippen LogP contribution in [0.5, 0.6) is 11.5 Å². The minimum Gasteiger partial charge on any atom is -0.489 e. The molecule has 0 radical (unpaired) electrons. The Balaban J connectivity index is 1.59. The zero-order valence-corrected chi connectivity index (χ0v) is 15.3. The summed E-state index contributed by atoms with van der Waals surface area (Å²) in [5, 5.41) is 6.95. The SMILES string of the molecule is CN=C(NCc1ccc(F)cc1)NCc1cc(Cl)c2c(c1)OCCCO2. The fourth-order valence-corrected chi connectivity index (χ4v) is 2.87. The lowest BCUT2D eigenvalue weighted by Crippen LogP contribution is -2.36. The Morgan fingerprint density at radius 3 is 2.50 bits per heavy atom. The maximum Gasteiger partial charge on any atom is 0.191 e. The molecular weight excluding hydrogens is 357 g/mol. The largest absolute Gasteiger partial charge is 0.489 e. The van der Waals surface area contributed by atoms with E-state index in [9.17, 15) is 4.39 Å². The van der Waals surface area contributed by atoms with E-state index >= 15 is 0 Å². The van der Waals surface area contributed by atoms with Crippen LogP contribution in [0.2, 0.25) is 5.02 Å². The summed E-state index contributed by atoms with van der Waals surface area (Å²) in [4.78, 5) is 4.19. The second-order valence-corrected chi connectivity index (χ2v) is 6.27. The van der Waals surface area contributed by atoms with Crippen molar-refractivity contribution < 1.29 is 13.9 Å². The zero-order chi connectivity index (χ0) is 18.4. The number of nitrogens with one attached hydrogen (secondary N) is 2.